The Labute approximate surface area is 187 Å². The summed E-state index contributed by atoms with van der Waals surface area (Å²) in [4.78, 5) is 23.6. The molecular weight excluding hydrogens is 400 g/mol. The Balaban J connectivity index is 1.33. The van der Waals surface area contributed by atoms with Gasteiger partial charge in [-0.25, -0.2) is 9.78 Å². The van der Waals surface area contributed by atoms with Crippen LogP contribution >= 0.6 is 0 Å². The normalized spacial score (nSPS) is 15.2. The van der Waals surface area contributed by atoms with E-state index in [0.29, 0.717) is 11.6 Å². The quantitative estimate of drug-likeness (QED) is 0.432. The number of hydrogen-bond donors (Lipinski definition) is 0. The number of rotatable bonds is 5. The van der Waals surface area contributed by atoms with Gasteiger partial charge in [-0.1, -0.05) is 30.3 Å². The van der Waals surface area contributed by atoms with Gasteiger partial charge in [-0.05, 0) is 54.8 Å². The first kappa shape index (κ1) is 20.4. The third-order valence-electron chi connectivity index (χ3n) is 6.19. The lowest BCUT2D eigenvalue weighted by Gasteiger charge is -2.33. The molecule has 0 bridgehead atoms. The first-order valence-corrected chi connectivity index (χ1v) is 11.0. The fraction of sp³-hybridized carbons (Fsp3) is 0.269. The van der Waals surface area contributed by atoms with Crippen LogP contribution in [0.5, 0.6) is 0 Å². The van der Waals surface area contributed by atoms with Crippen LogP contribution in [0.2, 0.25) is 0 Å². The molecule has 3 heterocycles. The van der Waals surface area contributed by atoms with Gasteiger partial charge in [0.1, 0.15) is 5.69 Å². The van der Waals surface area contributed by atoms with Crippen LogP contribution in [0.15, 0.2) is 72.9 Å². The smallest absolute Gasteiger partial charge is 0.337 e. The maximum absolute atomic E-state index is 11.6. The van der Waals surface area contributed by atoms with Crippen molar-refractivity contribution in [2.75, 3.05) is 20.2 Å². The largest absolute Gasteiger partial charge is 0.465 e. The summed E-state index contributed by atoms with van der Waals surface area (Å²) in [6.45, 7) is 2.90. The van der Waals surface area contributed by atoms with Crippen molar-refractivity contribution in [3.63, 3.8) is 0 Å². The van der Waals surface area contributed by atoms with Crippen LogP contribution in [0.4, 0.5) is 0 Å². The molecule has 162 valence electrons. The Morgan fingerprint density at radius 1 is 1.00 bits per heavy atom. The van der Waals surface area contributed by atoms with Crippen LogP contribution in [-0.4, -0.2) is 45.6 Å². The summed E-state index contributed by atoms with van der Waals surface area (Å²) in [5, 5.41) is 0. The van der Waals surface area contributed by atoms with E-state index in [4.69, 9.17) is 9.72 Å². The Hall–Kier alpha value is -3.51. The van der Waals surface area contributed by atoms with E-state index >= 15 is 0 Å². The van der Waals surface area contributed by atoms with Gasteiger partial charge in [-0.2, -0.15) is 0 Å². The zero-order chi connectivity index (χ0) is 21.9. The topological polar surface area (TPSA) is 60.2 Å². The summed E-state index contributed by atoms with van der Waals surface area (Å²) in [6.07, 6.45) is 3.94. The van der Waals surface area contributed by atoms with Crippen molar-refractivity contribution in [3.8, 4) is 11.5 Å². The molecule has 0 saturated carbocycles. The highest BCUT2D eigenvalue weighted by atomic mass is 16.5. The number of methoxy groups -OCH3 is 1. The fourth-order valence-electron chi connectivity index (χ4n) is 4.55. The Morgan fingerprint density at radius 3 is 2.47 bits per heavy atom. The summed E-state index contributed by atoms with van der Waals surface area (Å²) in [6, 6.07) is 22.4. The molecule has 2 aromatic carbocycles. The number of esters is 1. The SMILES string of the molecule is COC(=O)c1ccc(CN2CCC(n3c(-c4ccccn4)nc4ccccc43)CC2)cc1. The van der Waals surface area contributed by atoms with Crippen molar-refractivity contribution in [3.05, 3.63) is 84.1 Å². The minimum atomic E-state index is -0.298. The van der Waals surface area contributed by atoms with E-state index in [1.165, 1.54) is 18.2 Å². The number of carbonyl (C=O) groups excluding carboxylic acids is 1. The van der Waals surface area contributed by atoms with Gasteiger partial charge >= 0.3 is 5.97 Å². The molecule has 0 N–H and O–H groups in total. The minimum absolute atomic E-state index is 0.298. The number of carbonyl (C=O) groups is 1. The zero-order valence-corrected chi connectivity index (χ0v) is 18.1. The van der Waals surface area contributed by atoms with Gasteiger partial charge in [0, 0.05) is 31.9 Å². The molecule has 6 heteroatoms. The third-order valence-corrected chi connectivity index (χ3v) is 6.19. The molecule has 0 amide bonds. The number of imidazole rings is 1. The summed E-state index contributed by atoms with van der Waals surface area (Å²) in [5.74, 6) is 0.650. The van der Waals surface area contributed by atoms with E-state index < -0.39 is 0 Å². The molecule has 0 spiro atoms. The van der Waals surface area contributed by atoms with Crippen LogP contribution in [-0.2, 0) is 11.3 Å². The Kier molecular flexibility index (Phi) is 5.69. The van der Waals surface area contributed by atoms with E-state index in [2.05, 4.69) is 32.7 Å². The van der Waals surface area contributed by atoms with Crippen molar-refractivity contribution in [1.82, 2.24) is 19.4 Å². The molecule has 6 nitrogen and oxygen atoms in total. The predicted octanol–water partition coefficient (Wildman–Crippen LogP) is 4.72. The fourth-order valence-corrected chi connectivity index (χ4v) is 4.55. The van der Waals surface area contributed by atoms with Gasteiger partial charge in [-0.3, -0.25) is 9.88 Å². The lowest BCUT2D eigenvalue weighted by atomic mass is 10.0. The summed E-state index contributed by atoms with van der Waals surface area (Å²) >= 11 is 0. The van der Waals surface area contributed by atoms with Gasteiger partial charge in [0.2, 0.25) is 0 Å². The second-order valence-corrected chi connectivity index (χ2v) is 8.20. The molecule has 4 aromatic rings. The zero-order valence-electron chi connectivity index (χ0n) is 18.1. The number of fused-ring (bicyclic) bond motifs is 1. The molecule has 1 fully saturated rings. The van der Waals surface area contributed by atoms with Crippen molar-refractivity contribution in [2.24, 2.45) is 0 Å². The number of para-hydroxylation sites is 2. The summed E-state index contributed by atoms with van der Waals surface area (Å²) in [5.41, 5.74) is 4.89. The lowest BCUT2D eigenvalue weighted by Crippen LogP contribution is -2.34. The first-order valence-electron chi connectivity index (χ1n) is 11.0. The number of aromatic nitrogens is 3. The molecule has 0 atom stereocenters. The average Bonchev–Trinajstić information content (AvgIpc) is 3.25. The van der Waals surface area contributed by atoms with E-state index in [1.54, 1.807) is 0 Å². The van der Waals surface area contributed by atoms with Crippen LogP contribution < -0.4 is 0 Å². The molecule has 32 heavy (non-hydrogen) atoms. The second kappa shape index (κ2) is 8.93. The second-order valence-electron chi connectivity index (χ2n) is 8.20. The number of benzene rings is 2. The van der Waals surface area contributed by atoms with Crippen molar-refractivity contribution in [2.45, 2.75) is 25.4 Å². The van der Waals surface area contributed by atoms with Crippen molar-refractivity contribution >= 4 is 17.0 Å². The minimum Gasteiger partial charge on any atom is -0.465 e. The lowest BCUT2D eigenvalue weighted by molar-refractivity contribution is 0.0600. The summed E-state index contributed by atoms with van der Waals surface area (Å²) in [7, 11) is 1.41. The molecular formula is C26H26N4O2. The first-order chi connectivity index (χ1) is 15.7. The van der Waals surface area contributed by atoms with Crippen molar-refractivity contribution in [1.29, 1.82) is 0 Å². The molecule has 1 aliphatic rings. The van der Waals surface area contributed by atoms with E-state index in [-0.39, 0.29) is 5.97 Å². The highest BCUT2D eigenvalue weighted by Crippen LogP contribution is 2.33. The standard InChI is InChI=1S/C26H26N4O2/c1-32-26(31)20-11-9-19(10-12-20)18-29-16-13-21(14-17-29)30-24-8-3-2-6-22(24)28-25(30)23-7-4-5-15-27-23/h2-12,15,21H,13-14,16-18H2,1H3. The van der Waals surface area contributed by atoms with Crippen LogP contribution in [0.25, 0.3) is 22.6 Å². The van der Waals surface area contributed by atoms with E-state index in [0.717, 1.165) is 49.5 Å². The van der Waals surface area contributed by atoms with E-state index in [1.807, 2.05) is 54.7 Å². The maximum atomic E-state index is 11.6. The number of piperidine rings is 1. The van der Waals surface area contributed by atoms with Crippen LogP contribution in [0.1, 0.15) is 34.8 Å². The monoisotopic (exact) mass is 426 g/mol. The summed E-state index contributed by atoms with van der Waals surface area (Å²) < 4.78 is 7.17. The highest BCUT2D eigenvalue weighted by Gasteiger charge is 2.25. The molecule has 5 rings (SSSR count). The van der Waals surface area contributed by atoms with Gasteiger partial charge in [0.25, 0.3) is 0 Å². The Bertz CT molecular complexity index is 1210. The third kappa shape index (κ3) is 4.01. The maximum Gasteiger partial charge on any atom is 0.337 e. The van der Waals surface area contributed by atoms with Gasteiger partial charge in [0.15, 0.2) is 5.82 Å². The van der Waals surface area contributed by atoms with Crippen LogP contribution in [0.3, 0.4) is 0 Å². The Morgan fingerprint density at radius 2 is 1.75 bits per heavy atom. The molecule has 0 radical (unpaired) electrons. The number of likely N-dealkylation sites (tertiary alicyclic amines) is 1. The number of ether oxygens (including phenoxy) is 1. The number of pyridine rings is 1. The van der Waals surface area contributed by atoms with Gasteiger partial charge in [0.05, 0.1) is 23.7 Å². The molecule has 2 aromatic heterocycles. The van der Waals surface area contributed by atoms with Crippen LogP contribution in [0, 0.1) is 0 Å². The molecule has 0 aliphatic carbocycles. The predicted molar refractivity (Wildman–Crippen MR) is 124 cm³/mol. The molecule has 1 aliphatic heterocycles. The van der Waals surface area contributed by atoms with E-state index in [9.17, 15) is 4.79 Å². The average molecular weight is 427 g/mol. The molecule has 1 saturated heterocycles. The number of nitrogens with zero attached hydrogens (tertiary/aromatic N) is 4. The highest BCUT2D eigenvalue weighted by molar-refractivity contribution is 5.89. The van der Waals surface area contributed by atoms with Gasteiger partial charge < -0.3 is 9.30 Å². The van der Waals surface area contributed by atoms with Crippen molar-refractivity contribution < 1.29 is 9.53 Å². The number of hydrogen-bond acceptors (Lipinski definition) is 5. The van der Waals surface area contributed by atoms with Gasteiger partial charge in [-0.15, -0.1) is 0 Å². The molecule has 0 unspecified atom stereocenters.